The molecule has 0 unspecified atom stereocenters. The fourth-order valence-corrected chi connectivity index (χ4v) is 1.77. The summed E-state index contributed by atoms with van der Waals surface area (Å²) < 4.78 is 5.29. The highest BCUT2D eigenvalue weighted by atomic mass is 16.6. The second-order valence-electron chi connectivity index (χ2n) is 3.93. The fraction of sp³-hybridized carbons (Fsp3) is 0.455. The lowest BCUT2D eigenvalue weighted by Gasteiger charge is -2.37. The van der Waals surface area contributed by atoms with Gasteiger partial charge in [-0.3, -0.25) is 10.1 Å². The molecule has 92 valence electrons. The average molecular weight is 238 g/mol. The number of hydrogen-bond donors (Lipinski definition) is 1. The number of ether oxygens (including phenoxy) is 1. The van der Waals surface area contributed by atoms with E-state index in [1.54, 1.807) is 6.07 Å². The highest BCUT2D eigenvalue weighted by Crippen LogP contribution is 2.30. The van der Waals surface area contributed by atoms with Gasteiger partial charge in [0.2, 0.25) is 0 Å². The molecule has 1 saturated heterocycles. The van der Waals surface area contributed by atoms with Crippen molar-refractivity contribution in [3.8, 4) is 5.75 Å². The number of nitro groups is 1. The van der Waals surface area contributed by atoms with E-state index in [4.69, 9.17) is 4.74 Å². The van der Waals surface area contributed by atoms with Gasteiger partial charge in [0.05, 0.1) is 23.7 Å². The monoisotopic (exact) mass is 238 g/mol. The Labute approximate surface area is 98.6 Å². The maximum absolute atomic E-state index is 10.8. The predicted molar refractivity (Wildman–Crippen MR) is 62.5 cm³/mol. The average Bonchev–Trinajstić information content (AvgIpc) is 2.25. The van der Waals surface area contributed by atoms with Gasteiger partial charge in [-0.15, -0.1) is 0 Å². The molecule has 0 saturated carbocycles. The smallest absolute Gasteiger partial charge is 0.275 e. The minimum absolute atomic E-state index is 0.00680. The summed E-state index contributed by atoms with van der Waals surface area (Å²) in [7, 11) is 0. The van der Waals surface area contributed by atoms with E-state index in [0.717, 1.165) is 0 Å². The molecular weight excluding hydrogens is 224 g/mol. The maximum atomic E-state index is 10.8. The molecule has 1 heterocycles. The largest absolute Gasteiger partial charge is 0.494 e. The second kappa shape index (κ2) is 4.58. The highest BCUT2D eigenvalue weighted by molar-refractivity contribution is 5.59. The zero-order chi connectivity index (χ0) is 12.4. The second-order valence-corrected chi connectivity index (χ2v) is 3.93. The van der Waals surface area contributed by atoms with E-state index < -0.39 is 4.92 Å². The van der Waals surface area contributed by atoms with Crippen molar-refractivity contribution in [2.75, 3.05) is 24.6 Å². The van der Waals surface area contributed by atoms with Crippen LogP contribution < -0.4 is 9.64 Å². The molecule has 1 aliphatic rings. The molecule has 0 aliphatic carbocycles. The van der Waals surface area contributed by atoms with Gasteiger partial charge in [0.15, 0.2) is 0 Å². The van der Waals surface area contributed by atoms with Crippen LogP contribution >= 0.6 is 0 Å². The molecular formula is C11H14N2O4. The Hall–Kier alpha value is -1.82. The number of aliphatic hydroxyl groups is 1. The Morgan fingerprint density at radius 3 is 2.76 bits per heavy atom. The van der Waals surface area contributed by atoms with Crippen LogP contribution in [0.25, 0.3) is 0 Å². The molecule has 6 heteroatoms. The van der Waals surface area contributed by atoms with Gasteiger partial charge in [0.1, 0.15) is 5.75 Å². The highest BCUT2D eigenvalue weighted by Gasteiger charge is 2.26. The first-order valence-corrected chi connectivity index (χ1v) is 5.45. The maximum Gasteiger partial charge on any atom is 0.275 e. The normalized spacial score (nSPS) is 15.5. The van der Waals surface area contributed by atoms with E-state index in [0.29, 0.717) is 31.1 Å². The summed E-state index contributed by atoms with van der Waals surface area (Å²) in [5.74, 6) is 0.484. The number of β-amino-alcohol motifs (C(OH)–C–C–N with tert-alkyl or cyclic N) is 1. The van der Waals surface area contributed by atoms with E-state index in [1.165, 1.54) is 12.1 Å². The van der Waals surface area contributed by atoms with Gasteiger partial charge < -0.3 is 14.7 Å². The van der Waals surface area contributed by atoms with Crippen LogP contribution in [0.3, 0.4) is 0 Å². The molecule has 1 fully saturated rings. The van der Waals surface area contributed by atoms with Crippen molar-refractivity contribution in [1.29, 1.82) is 0 Å². The number of nitrogens with zero attached hydrogens (tertiary/aromatic N) is 2. The molecule has 0 bridgehead atoms. The SMILES string of the molecule is CCOc1cc(N2CC(O)C2)cc([N+](=O)[O-])c1. The molecule has 1 aliphatic heterocycles. The third-order valence-corrected chi connectivity index (χ3v) is 2.63. The number of anilines is 1. The lowest BCUT2D eigenvalue weighted by Crippen LogP contribution is -2.50. The Bertz CT molecular complexity index is 429. The zero-order valence-corrected chi connectivity index (χ0v) is 9.50. The van der Waals surface area contributed by atoms with Crippen LogP contribution in [0, 0.1) is 10.1 Å². The Balaban J connectivity index is 2.27. The van der Waals surface area contributed by atoms with Gasteiger partial charge in [-0.1, -0.05) is 0 Å². The molecule has 1 aromatic rings. The van der Waals surface area contributed by atoms with Crippen molar-refractivity contribution in [2.24, 2.45) is 0 Å². The van der Waals surface area contributed by atoms with Gasteiger partial charge >= 0.3 is 0 Å². The minimum atomic E-state index is -0.442. The first-order chi connectivity index (χ1) is 8.10. The standard InChI is InChI=1S/C11H14N2O4/c1-2-17-11-4-8(12-6-10(14)7-12)3-9(5-11)13(15)16/h3-5,10,14H,2,6-7H2,1H3. The number of nitro benzene ring substituents is 1. The van der Waals surface area contributed by atoms with Crippen molar-refractivity contribution in [3.63, 3.8) is 0 Å². The summed E-state index contributed by atoms with van der Waals surface area (Å²) in [4.78, 5) is 12.2. The molecule has 0 atom stereocenters. The molecule has 0 amide bonds. The number of rotatable bonds is 4. The Morgan fingerprint density at radius 2 is 2.24 bits per heavy atom. The molecule has 6 nitrogen and oxygen atoms in total. The predicted octanol–water partition coefficient (Wildman–Crippen LogP) is 1.17. The summed E-state index contributed by atoms with van der Waals surface area (Å²) in [6.45, 7) is 3.30. The third kappa shape index (κ3) is 2.47. The first kappa shape index (κ1) is 11.7. The van der Waals surface area contributed by atoms with Crippen LogP contribution in [0.2, 0.25) is 0 Å². The van der Waals surface area contributed by atoms with Gasteiger partial charge in [-0.25, -0.2) is 0 Å². The fourth-order valence-electron chi connectivity index (χ4n) is 1.77. The van der Waals surface area contributed by atoms with Crippen molar-refractivity contribution < 1.29 is 14.8 Å². The topological polar surface area (TPSA) is 75.8 Å². The van der Waals surface area contributed by atoms with E-state index in [1.807, 2.05) is 11.8 Å². The first-order valence-electron chi connectivity index (χ1n) is 5.45. The van der Waals surface area contributed by atoms with Gasteiger partial charge in [0, 0.05) is 30.9 Å². The van der Waals surface area contributed by atoms with Crippen LogP contribution in [0.1, 0.15) is 6.92 Å². The van der Waals surface area contributed by atoms with Crippen molar-refractivity contribution in [3.05, 3.63) is 28.3 Å². The molecule has 1 N–H and O–H groups in total. The molecule has 2 rings (SSSR count). The van der Waals surface area contributed by atoms with Crippen molar-refractivity contribution in [1.82, 2.24) is 0 Å². The molecule has 0 spiro atoms. The minimum Gasteiger partial charge on any atom is -0.494 e. The van der Waals surface area contributed by atoms with Crippen LogP contribution in [0.4, 0.5) is 11.4 Å². The number of aliphatic hydroxyl groups excluding tert-OH is 1. The van der Waals surface area contributed by atoms with Crippen molar-refractivity contribution in [2.45, 2.75) is 13.0 Å². The summed E-state index contributed by atoms with van der Waals surface area (Å²) in [5.41, 5.74) is 0.722. The molecule has 0 aromatic heterocycles. The Morgan fingerprint density at radius 1 is 1.53 bits per heavy atom. The summed E-state index contributed by atoms with van der Waals surface area (Å²) in [5, 5.41) is 20.0. The number of hydrogen-bond acceptors (Lipinski definition) is 5. The van der Waals surface area contributed by atoms with E-state index >= 15 is 0 Å². The molecule has 17 heavy (non-hydrogen) atoms. The van der Waals surface area contributed by atoms with Crippen LogP contribution in [-0.4, -0.2) is 35.8 Å². The summed E-state index contributed by atoms with van der Waals surface area (Å²) in [6.07, 6.45) is -0.343. The van der Waals surface area contributed by atoms with Gasteiger partial charge in [0.25, 0.3) is 5.69 Å². The number of non-ortho nitro benzene ring substituents is 1. The van der Waals surface area contributed by atoms with Crippen LogP contribution in [-0.2, 0) is 0 Å². The Kier molecular flexibility index (Phi) is 3.14. The summed E-state index contributed by atoms with van der Waals surface area (Å²) >= 11 is 0. The quantitative estimate of drug-likeness (QED) is 0.629. The third-order valence-electron chi connectivity index (χ3n) is 2.63. The van der Waals surface area contributed by atoms with Crippen LogP contribution in [0.5, 0.6) is 5.75 Å². The lowest BCUT2D eigenvalue weighted by atomic mass is 10.1. The molecule has 1 aromatic carbocycles. The van der Waals surface area contributed by atoms with Crippen molar-refractivity contribution >= 4 is 11.4 Å². The van der Waals surface area contributed by atoms with Crippen LogP contribution in [0.15, 0.2) is 18.2 Å². The van der Waals surface area contributed by atoms with E-state index in [-0.39, 0.29) is 11.8 Å². The van der Waals surface area contributed by atoms with E-state index in [9.17, 15) is 15.2 Å². The number of benzene rings is 1. The van der Waals surface area contributed by atoms with Gasteiger partial charge in [-0.2, -0.15) is 0 Å². The zero-order valence-electron chi connectivity index (χ0n) is 9.50. The lowest BCUT2D eigenvalue weighted by molar-refractivity contribution is -0.384. The van der Waals surface area contributed by atoms with E-state index in [2.05, 4.69) is 0 Å². The summed E-state index contributed by atoms with van der Waals surface area (Å²) in [6, 6.07) is 4.65. The van der Waals surface area contributed by atoms with Gasteiger partial charge in [-0.05, 0) is 6.92 Å². The molecule has 0 radical (unpaired) electrons.